The van der Waals surface area contributed by atoms with Crippen molar-refractivity contribution in [3.8, 4) is 5.75 Å². The lowest BCUT2D eigenvalue weighted by Gasteiger charge is -2.24. The van der Waals surface area contributed by atoms with Crippen molar-refractivity contribution in [2.45, 2.75) is 18.9 Å². The van der Waals surface area contributed by atoms with E-state index in [0.717, 1.165) is 15.8 Å². The molecule has 6 heteroatoms. The lowest BCUT2D eigenvalue weighted by atomic mass is 9.96. The fraction of sp³-hybridized carbons (Fsp3) is 0.278. The van der Waals surface area contributed by atoms with E-state index >= 15 is 0 Å². The monoisotopic (exact) mass is 411 g/mol. The SMILES string of the molecule is COc1ccc(CC(C)(O)CNC(=O)c2cc(Br)ccc2Cl)cc1. The molecule has 1 atom stereocenters. The number of benzene rings is 2. The average molecular weight is 413 g/mol. The molecule has 0 aromatic heterocycles. The fourth-order valence-electron chi connectivity index (χ4n) is 2.28. The number of aliphatic hydroxyl groups is 1. The zero-order chi connectivity index (χ0) is 17.7. The molecule has 0 radical (unpaired) electrons. The number of carbonyl (C=O) groups excluding carboxylic acids is 1. The van der Waals surface area contributed by atoms with Crippen LogP contribution in [0.5, 0.6) is 5.75 Å². The smallest absolute Gasteiger partial charge is 0.252 e. The van der Waals surface area contributed by atoms with Crippen molar-refractivity contribution >= 4 is 33.4 Å². The van der Waals surface area contributed by atoms with Gasteiger partial charge in [0.25, 0.3) is 5.91 Å². The maximum absolute atomic E-state index is 12.3. The zero-order valence-electron chi connectivity index (χ0n) is 13.5. The predicted octanol–water partition coefficient (Wildman–Crippen LogP) is 3.83. The number of ether oxygens (including phenoxy) is 1. The number of halogens is 2. The van der Waals surface area contributed by atoms with Crippen LogP contribution in [0, 0.1) is 0 Å². The average Bonchev–Trinajstić information content (AvgIpc) is 2.55. The van der Waals surface area contributed by atoms with E-state index in [0.29, 0.717) is 17.0 Å². The van der Waals surface area contributed by atoms with Crippen molar-refractivity contribution in [3.63, 3.8) is 0 Å². The van der Waals surface area contributed by atoms with Crippen molar-refractivity contribution < 1.29 is 14.6 Å². The highest BCUT2D eigenvalue weighted by molar-refractivity contribution is 9.10. The predicted molar refractivity (Wildman–Crippen MR) is 98.8 cm³/mol. The van der Waals surface area contributed by atoms with Gasteiger partial charge >= 0.3 is 0 Å². The van der Waals surface area contributed by atoms with Gasteiger partial charge in [-0.05, 0) is 42.8 Å². The highest BCUT2D eigenvalue weighted by Crippen LogP contribution is 2.21. The van der Waals surface area contributed by atoms with Crippen LogP contribution in [0.4, 0.5) is 0 Å². The summed E-state index contributed by atoms with van der Waals surface area (Å²) in [5.41, 5.74) is 0.241. The van der Waals surface area contributed by atoms with Crippen LogP contribution < -0.4 is 10.1 Å². The first-order valence-electron chi connectivity index (χ1n) is 7.39. The van der Waals surface area contributed by atoms with Crippen LogP contribution in [0.1, 0.15) is 22.8 Å². The molecule has 1 amide bonds. The third-order valence-electron chi connectivity index (χ3n) is 3.55. The third-order valence-corrected chi connectivity index (χ3v) is 4.37. The number of hydrogen-bond donors (Lipinski definition) is 2. The molecule has 0 aliphatic carbocycles. The van der Waals surface area contributed by atoms with Crippen LogP contribution in [-0.2, 0) is 6.42 Å². The summed E-state index contributed by atoms with van der Waals surface area (Å²) in [5, 5.41) is 13.6. The molecule has 2 rings (SSSR count). The molecule has 0 fully saturated rings. The van der Waals surface area contributed by atoms with E-state index in [1.807, 2.05) is 24.3 Å². The van der Waals surface area contributed by atoms with E-state index in [1.165, 1.54) is 0 Å². The molecule has 0 bridgehead atoms. The topological polar surface area (TPSA) is 58.6 Å². The summed E-state index contributed by atoms with van der Waals surface area (Å²) < 4.78 is 5.88. The van der Waals surface area contributed by atoms with Crippen LogP contribution in [0.15, 0.2) is 46.9 Å². The molecular weight excluding hydrogens is 394 g/mol. The van der Waals surface area contributed by atoms with E-state index in [-0.39, 0.29) is 12.5 Å². The van der Waals surface area contributed by atoms with Crippen molar-refractivity contribution in [1.29, 1.82) is 0 Å². The number of rotatable bonds is 6. The van der Waals surface area contributed by atoms with Crippen LogP contribution in [-0.4, -0.2) is 30.3 Å². The second kappa shape index (κ2) is 8.01. The quantitative estimate of drug-likeness (QED) is 0.758. The molecule has 2 aromatic carbocycles. The minimum atomic E-state index is -1.08. The Hall–Kier alpha value is -1.56. The van der Waals surface area contributed by atoms with Gasteiger partial charge < -0.3 is 15.2 Å². The Bertz CT molecular complexity index is 717. The molecule has 24 heavy (non-hydrogen) atoms. The standard InChI is InChI=1S/C18H19BrClNO3/c1-18(23,10-12-3-6-14(24-2)7-4-12)11-21-17(22)15-9-13(19)5-8-16(15)20/h3-9,23H,10-11H2,1-2H3,(H,21,22). The first-order chi connectivity index (χ1) is 11.3. The van der Waals surface area contributed by atoms with E-state index in [4.69, 9.17) is 16.3 Å². The summed E-state index contributed by atoms with van der Waals surface area (Å²) in [5.74, 6) is 0.437. The second-order valence-electron chi connectivity index (χ2n) is 5.83. The molecule has 0 aliphatic heterocycles. The molecule has 0 saturated heterocycles. The van der Waals surface area contributed by atoms with Crippen molar-refractivity contribution in [2.24, 2.45) is 0 Å². The minimum Gasteiger partial charge on any atom is -0.497 e. The van der Waals surface area contributed by atoms with Gasteiger partial charge in [-0.1, -0.05) is 39.7 Å². The Morgan fingerprint density at radius 2 is 1.96 bits per heavy atom. The van der Waals surface area contributed by atoms with Crippen molar-refractivity contribution in [2.75, 3.05) is 13.7 Å². The number of amides is 1. The maximum Gasteiger partial charge on any atom is 0.252 e. The summed E-state index contributed by atoms with van der Waals surface area (Å²) in [7, 11) is 1.60. The lowest BCUT2D eigenvalue weighted by molar-refractivity contribution is 0.0552. The Kier molecular flexibility index (Phi) is 6.27. The molecule has 128 valence electrons. The van der Waals surface area contributed by atoms with Gasteiger partial charge in [-0.2, -0.15) is 0 Å². The molecule has 0 aliphatic rings. The minimum absolute atomic E-state index is 0.112. The van der Waals surface area contributed by atoms with Gasteiger partial charge in [0.15, 0.2) is 0 Å². The molecule has 0 saturated carbocycles. The largest absolute Gasteiger partial charge is 0.497 e. The normalized spacial score (nSPS) is 13.2. The molecular formula is C18H19BrClNO3. The molecule has 4 nitrogen and oxygen atoms in total. The summed E-state index contributed by atoms with van der Waals surface area (Å²) >= 11 is 9.36. The molecule has 2 aromatic rings. The van der Waals surface area contributed by atoms with E-state index in [9.17, 15) is 9.90 Å². The van der Waals surface area contributed by atoms with Gasteiger partial charge in [0.05, 0.1) is 23.3 Å². The summed E-state index contributed by atoms with van der Waals surface area (Å²) in [6, 6.07) is 12.5. The van der Waals surface area contributed by atoms with Crippen molar-refractivity contribution in [1.82, 2.24) is 5.32 Å². The number of methoxy groups -OCH3 is 1. The summed E-state index contributed by atoms with van der Waals surface area (Å²) in [4.78, 5) is 12.3. The van der Waals surface area contributed by atoms with Gasteiger partial charge in [0.2, 0.25) is 0 Å². The van der Waals surface area contributed by atoms with Gasteiger partial charge in [-0.25, -0.2) is 0 Å². The fourth-order valence-corrected chi connectivity index (χ4v) is 2.85. The zero-order valence-corrected chi connectivity index (χ0v) is 15.8. The molecule has 0 spiro atoms. The van der Waals surface area contributed by atoms with Crippen LogP contribution in [0.3, 0.4) is 0 Å². The van der Waals surface area contributed by atoms with Gasteiger partial charge in [-0.3, -0.25) is 4.79 Å². The Labute approximate surface area is 154 Å². The van der Waals surface area contributed by atoms with E-state index < -0.39 is 5.60 Å². The Morgan fingerprint density at radius 1 is 1.29 bits per heavy atom. The first-order valence-corrected chi connectivity index (χ1v) is 8.56. The van der Waals surface area contributed by atoms with Crippen LogP contribution in [0.2, 0.25) is 5.02 Å². The van der Waals surface area contributed by atoms with Gasteiger partial charge in [-0.15, -0.1) is 0 Å². The molecule has 0 heterocycles. The highest BCUT2D eigenvalue weighted by Gasteiger charge is 2.23. The summed E-state index contributed by atoms with van der Waals surface area (Å²) in [6.07, 6.45) is 0.406. The molecule has 1 unspecified atom stereocenters. The van der Waals surface area contributed by atoms with Gasteiger partial charge in [0.1, 0.15) is 5.75 Å². The number of nitrogens with one attached hydrogen (secondary N) is 1. The highest BCUT2D eigenvalue weighted by atomic mass is 79.9. The van der Waals surface area contributed by atoms with E-state index in [2.05, 4.69) is 21.2 Å². The van der Waals surface area contributed by atoms with Gasteiger partial charge in [0, 0.05) is 17.4 Å². The van der Waals surface area contributed by atoms with Crippen LogP contribution in [0.25, 0.3) is 0 Å². The van der Waals surface area contributed by atoms with E-state index in [1.54, 1.807) is 32.2 Å². The first kappa shape index (κ1) is 18.8. The second-order valence-corrected chi connectivity index (χ2v) is 7.15. The number of hydrogen-bond acceptors (Lipinski definition) is 3. The summed E-state index contributed by atoms with van der Waals surface area (Å²) in [6.45, 7) is 1.79. The Morgan fingerprint density at radius 3 is 2.58 bits per heavy atom. The lowest BCUT2D eigenvalue weighted by Crippen LogP contribution is -2.42. The molecule has 2 N–H and O–H groups in total. The van der Waals surface area contributed by atoms with Crippen LogP contribution >= 0.6 is 27.5 Å². The Balaban J connectivity index is 1.98. The number of carbonyl (C=O) groups is 1. The maximum atomic E-state index is 12.3. The third kappa shape index (κ3) is 5.23. The van der Waals surface area contributed by atoms with Crippen molar-refractivity contribution in [3.05, 3.63) is 63.1 Å².